The molecule has 82 valence electrons. The van der Waals surface area contributed by atoms with Crippen molar-refractivity contribution in [2.24, 2.45) is 0 Å². The molecule has 3 nitrogen and oxygen atoms in total. The molecular weight excluding hydrogens is 190 g/mol. The SMILES string of the molecule is CCC(C)Oc1ccc(N)cc1C(C)=O. The molecule has 1 rings (SSSR count). The fourth-order valence-corrected chi connectivity index (χ4v) is 1.23. The van der Waals surface area contributed by atoms with E-state index in [0.717, 1.165) is 6.42 Å². The topological polar surface area (TPSA) is 52.3 Å². The zero-order chi connectivity index (χ0) is 11.4. The van der Waals surface area contributed by atoms with E-state index in [1.807, 2.05) is 13.8 Å². The van der Waals surface area contributed by atoms with Crippen LogP contribution in [0.3, 0.4) is 0 Å². The van der Waals surface area contributed by atoms with Crippen molar-refractivity contribution in [3.8, 4) is 5.75 Å². The maximum absolute atomic E-state index is 11.4. The van der Waals surface area contributed by atoms with Crippen molar-refractivity contribution in [1.82, 2.24) is 0 Å². The van der Waals surface area contributed by atoms with Gasteiger partial charge in [-0.3, -0.25) is 4.79 Å². The summed E-state index contributed by atoms with van der Waals surface area (Å²) in [6.45, 7) is 5.52. The lowest BCUT2D eigenvalue weighted by molar-refractivity contribution is 0.101. The van der Waals surface area contributed by atoms with Gasteiger partial charge < -0.3 is 10.5 Å². The first-order valence-corrected chi connectivity index (χ1v) is 5.11. The molecule has 0 amide bonds. The van der Waals surface area contributed by atoms with Gasteiger partial charge in [-0.25, -0.2) is 0 Å². The number of anilines is 1. The van der Waals surface area contributed by atoms with Crippen molar-refractivity contribution in [2.75, 3.05) is 5.73 Å². The number of benzene rings is 1. The predicted octanol–water partition coefficient (Wildman–Crippen LogP) is 2.65. The summed E-state index contributed by atoms with van der Waals surface area (Å²) < 4.78 is 5.63. The van der Waals surface area contributed by atoms with Crippen molar-refractivity contribution < 1.29 is 9.53 Å². The third-order valence-electron chi connectivity index (χ3n) is 2.29. The van der Waals surface area contributed by atoms with Crippen LogP contribution in [0.25, 0.3) is 0 Å². The van der Waals surface area contributed by atoms with Crippen LogP contribution in [-0.2, 0) is 0 Å². The lowest BCUT2D eigenvalue weighted by Gasteiger charge is -2.15. The van der Waals surface area contributed by atoms with Gasteiger partial charge >= 0.3 is 0 Å². The van der Waals surface area contributed by atoms with Gasteiger partial charge in [0.05, 0.1) is 11.7 Å². The van der Waals surface area contributed by atoms with Crippen molar-refractivity contribution >= 4 is 11.5 Å². The molecule has 1 atom stereocenters. The molecule has 0 radical (unpaired) electrons. The highest BCUT2D eigenvalue weighted by atomic mass is 16.5. The van der Waals surface area contributed by atoms with E-state index in [1.54, 1.807) is 18.2 Å². The normalized spacial score (nSPS) is 12.2. The molecule has 0 heterocycles. The van der Waals surface area contributed by atoms with Gasteiger partial charge in [-0.1, -0.05) is 6.92 Å². The van der Waals surface area contributed by atoms with Crippen LogP contribution in [0.4, 0.5) is 5.69 Å². The lowest BCUT2D eigenvalue weighted by atomic mass is 10.1. The second-order valence-electron chi connectivity index (χ2n) is 3.65. The molecule has 15 heavy (non-hydrogen) atoms. The summed E-state index contributed by atoms with van der Waals surface area (Å²) in [5, 5.41) is 0. The predicted molar refractivity (Wildman–Crippen MR) is 61.2 cm³/mol. The molecule has 0 aliphatic carbocycles. The maximum atomic E-state index is 11.4. The number of rotatable bonds is 4. The van der Waals surface area contributed by atoms with E-state index < -0.39 is 0 Å². The first-order chi connectivity index (χ1) is 7.04. The molecule has 0 aliphatic rings. The first kappa shape index (κ1) is 11.6. The number of ketones is 1. The molecule has 0 spiro atoms. The molecule has 0 saturated carbocycles. The highest BCUT2D eigenvalue weighted by Crippen LogP contribution is 2.23. The van der Waals surface area contributed by atoms with Crippen molar-refractivity contribution in [3.63, 3.8) is 0 Å². The second-order valence-corrected chi connectivity index (χ2v) is 3.65. The van der Waals surface area contributed by atoms with E-state index in [1.165, 1.54) is 6.92 Å². The summed E-state index contributed by atoms with van der Waals surface area (Å²) in [6, 6.07) is 5.14. The Morgan fingerprint density at radius 3 is 2.73 bits per heavy atom. The third kappa shape index (κ3) is 2.98. The highest BCUT2D eigenvalue weighted by molar-refractivity contribution is 5.97. The van der Waals surface area contributed by atoms with Crippen LogP contribution in [-0.4, -0.2) is 11.9 Å². The van der Waals surface area contributed by atoms with E-state index in [2.05, 4.69) is 0 Å². The highest BCUT2D eigenvalue weighted by Gasteiger charge is 2.10. The number of Topliss-reactive ketones (excluding diaryl/α,β-unsaturated/α-hetero) is 1. The van der Waals surface area contributed by atoms with Gasteiger partial charge in [0.25, 0.3) is 0 Å². The molecule has 0 bridgehead atoms. The number of nitrogens with two attached hydrogens (primary N) is 1. The van der Waals surface area contributed by atoms with E-state index in [-0.39, 0.29) is 11.9 Å². The standard InChI is InChI=1S/C12H17NO2/c1-4-8(2)15-12-6-5-10(13)7-11(12)9(3)14/h5-8H,4,13H2,1-3H3. The average Bonchev–Trinajstić information content (AvgIpc) is 2.20. The molecule has 2 N–H and O–H groups in total. The van der Waals surface area contributed by atoms with Crippen molar-refractivity contribution in [2.45, 2.75) is 33.3 Å². The quantitative estimate of drug-likeness (QED) is 0.610. The first-order valence-electron chi connectivity index (χ1n) is 5.11. The summed E-state index contributed by atoms with van der Waals surface area (Å²) in [5.41, 5.74) is 6.75. The van der Waals surface area contributed by atoms with Crippen LogP contribution in [0.2, 0.25) is 0 Å². The van der Waals surface area contributed by atoms with Gasteiger partial charge in [0.2, 0.25) is 0 Å². The van der Waals surface area contributed by atoms with Crippen LogP contribution in [0, 0.1) is 0 Å². The van der Waals surface area contributed by atoms with Gasteiger partial charge in [0.1, 0.15) is 5.75 Å². The number of nitrogen functional groups attached to an aromatic ring is 1. The molecule has 0 aliphatic heterocycles. The lowest BCUT2D eigenvalue weighted by Crippen LogP contribution is -2.12. The third-order valence-corrected chi connectivity index (χ3v) is 2.29. The molecule has 3 heteroatoms. The Morgan fingerprint density at radius 1 is 1.53 bits per heavy atom. The Labute approximate surface area is 90.2 Å². The second kappa shape index (κ2) is 4.82. The molecule has 1 aromatic rings. The van der Waals surface area contributed by atoms with E-state index >= 15 is 0 Å². The van der Waals surface area contributed by atoms with Gasteiger partial charge in [-0.2, -0.15) is 0 Å². The summed E-state index contributed by atoms with van der Waals surface area (Å²) >= 11 is 0. The van der Waals surface area contributed by atoms with Crippen LogP contribution in [0.5, 0.6) is 5.75 Å². The fourth-order valence-electron chi connectivity index (χ4n) is 1.23. The van der Waals surface area contributed by atoms with Crippen molar-refractivity contribution in [1.29, 1.82) is 0 Å². The van der Waals surface area contributed by atoms with Gasteiger partial charge in [-0.15, -0.1) is 0 Å². The summed E-state index contributed by atoms with van der Waals surface area (Å²) in [6.07, 6.45) is 1.01. The summed E-state index contributed by atoms with van der Waals surface area (Å²) in [4.78, 5) is 11.4. The van der Waals surface area contributed by atoms with E-state index in [9.17, 15) is 4.79 Å². The zero-order valence-electron chi connectivity index (χ0n) is 9.41. The zero-order valence-corrected chi connectivity index (χ0v) is 9.41. The number of hydrogen-bond acceptors (Lipinski definition) is 3. The van der Waals surface area contributed by atoms with Crippen LogP contribution < -0.4 is 10.5 Å². The summed E-state index contributed by atoms with van der Waals surface area (Å²) in [7, 11) is 0. The minimum Gasteiger partial charge on any atom is -0.490 e. The summed E-state index contributed by atoms with van der Waals surface area (Å²) in [5.74, 6) is 0.589. The fraction of sp³-hybridized carbons (Fsp3) is 0.417. The minimum absolute atomic E-state index is 0.0272. The Balaban J connectivity index is 3.01. The van der Waals surface area contributed by atoms with Crippen LogP contribution in [0.15, 0.2) is 18.2 Å². The van der Waals surface area contributed by atoms with Crippen molar-refractivity contribution in [3.05, 3.63) is 23.8 Å². The Kier molecular flexibility index (Phi) is 3.72. The molecule has 0 aromatic heterocycles. The number of carbonyl (C=O) groups excluding carboxylic acids is 1. The Bertz CT molecular complexity index is 361. The van der Waals surface area contributed by atoms with E-state index in [4.69, 9.17) is 10.5 Å². The van der Waals surface area contributed by atoms with Crippen LogP contribution in [0.1, 0.15) is 37.6 Å². The number of carbonyl (C=O) groups is 1. The Hall–Kier alpha value is -1.51. The maximum Gasteiger partial charge on any atom is 0.163 e. The molecule has 1 aromatic carbocycles. The molecular formula is C12H17NO2. The smallest absolute Gasteiger partial charge is 0.163 e. The number of ether oxygens (including phenoxy) is 1. The number of hydrogen-bond donors (Lipinski definition) is 1. The molecule has 0 fully saturated rings. The minimum atomic E-state index is -0.0272. The monoisotopic (exact) mass is 207 g/mol. The molecule has 1 unspecified atom stereocenters. The average molecular weight is 207 g/mol. The van der Waals surface area contributed by atoms with Gasteiger partial charge in [0.15, 0.2) is 5.78 Å². The van der Waals surface area contributed by atoms with Crippen LogP contribution >= 0.6 is 0 Å². The Morgan fingerprint density at radius 2 is 2.20 bits per heavy atom. The largest absolute Gasteiger partial charge is 0.490 e. The van der Waals surface area contributed by atoms with Gasteiger partial charge in [-0.05, 0) is 38.5 Å². The van der Waals surface area contributed by atoms with E-state index in [0.29, 0.717) is 17.0 Å². The molecule has 0 saturated heterocycles. The van der Waals surface area contributed by atoms with Gasteiger partial charge in [0, 0.05) is 5.69 Å².